The second-order valence-electron chi connectivity index (χ2n) is 7.44. The number of hydrogen-bond acceptors (Lipinski definition) is 3. The molecule has 0 radical (unpaired) electrons. The van der Waals surface area contributed by atoms with E-state index < -0.39 is 11.5 Å². The number of carbonyl (C=O) groups is 2. The van der Waals surface area contributed by atoms with E-state index in [1.807, 2.05) is 0 Å². The summed E-state index contributed by atoms with van der Waals surface area (Å²) < 4.78 is 13.3. The number of hydrogen-bond donors (Lipinski definition) is 3. The molecular weight excluding hydrogens is 337 g/mol. The molecule has 0 aliphatic carbocycles. The molecule has 2 amide bonds. The van der Waals surface area contributed by atoms with E-state index in [1.54, 1.807) is 17.2 Å². The van der Waals surface area contributed by atoms with Gasteiger partial charge in [-0.05, 0) is 49.9 Å². The molecule has 1 aromatic carbocycles. The highest BCUT2D eigenvalue weighted by molar-refractivity contribution is 5.89. The predicted molar refractivity (Wildman–Crippen MR) is 96.0 cm³/mol. The highest BCUT2D eigenvalue weighted by atomic mass is 19.1. The summed E-state index contributed by atoms with van der Waals surface area (Å²) in [6.45, 7) is 4.57. The lowest BCUT2D eigenvalue weighted by Gasteiger charge is -2.19. The van der Waals surface area contributed by atoms with Crippen LogP contribution in [0.5, 0.6) is 0 Å². The number of aliphatic hydroxyl groups is 1. The molecule has 6 nitrogen and oxygen atoms in total. The summed E-state index contributed by atoms with van der Waals surface area (Å²) in [5, 5.41) is 13.2. The monoisotopic (exact) mass is 361 g/mol. The first-order valence-electron chi connectivity index (χ1n) is 8.78. The van der Waals surface area contributed by atoms with Gasteiger partial charge < -0.3 is 20.3 Å². The summed E-state index contributed by atoms with van der Waals surface area (Å²) in [5.74, 6) is -0.519. The third kappa shape index (κ3) is 4.04. The van der Waals surface area contributed by atoms with Gasteiger partial charge in [-0.15, -0.1) is 0 Å². The average Bonchev–Trinajstić information content (AvgIpc) is 3.18. The topological polar surface area (TPSA) is 85.4 Å². The molecule has 7 heteroatoms. The lowest BCUT2D eigenvalue weighted by molar-refractivity contribution is -0.136. The number of aromatic nitrogens is 1. The number of nitrogens with one attached hydrogen (secondary N) is 2. The Balaban J connectivity index is 1.55. The molecule has 1 aliphatic rings. The van der Waals surface area contributed by atoms with Crippen molar-refractivity contribution in [3.63, 3.8) is 0 Å². The van der Waals surface area contributed by atoms with Crippen molar-refractivity contribution < 1.29 is 19.1 Å². The van der Waals surface area contributed by atoms with E-state index in [2.05, 4.69) is 10.3 Å². The minimum atomic E-state index is -1.40. The van der Waals surface area contributed by atoms with Crippen molar-refractivity contribution in [1.29, 1.82) is 0 Å². The van der Waals surface area contributed by atoms with Gasteiger partial charge in [-0.1, -0.05) is 0 Å². The van der Waals surface area contributed by atoms with Crippen molar-refractivity contribution in [3.8, 4) is 0 Å². The second kappa shape index (κ2) is 7.07. The zero-order valence-electron chi connectivity index (χ0n) is 15.0. The summed E-state index contributed by atoms with van der Waals surface area (Å²) >= 11 is 0. The molecule has 3 rings (SSSR count). The van der Waals surface area contributed by atoms with Gasteiger partial charge in [0, 0.05) is 36.7 Å². The zero-order valence-corrected chi connectivity index (χ0v) is 15.0. The number of carbonyl (C=O) groups excluding carboxylic acids is 2. The van der Waals surface area contributed by atoms with Crippen LogP contribution in [0, 0.1) is 11.7 Å². The van der Waals surface area contributed by atoms with Crippen LogP contribution in [0.4, 0.5) is 4.39 Å². The molecule has 2 aromatic rings. The largest absolute Gasteiger partial charge is 0.381 e. The van der Waals surface area contributed by atoms with Gasteiger partial charge in [0.1, 0.15) is 11.4 Å². The molecule has 3 N–H and O–H groups in total. The van der Waals surface area contributed by atoms with Gasteiger partial charge in [0.15, 0.2) is 0 Å². The number of halogens is 1. The molecule has 1 aromatic heterocycles. The van der Waals surface area contributed by atoms with Crippen LogP contribution in [-0.2, 0) is 16.0 Å². The van der Waals surface area contributed by atoms with Crippen LogP contribution in [0.1, 0.15) is 25.8 Å². The number of H-pyrrole nitrogens is 1. The van der Waals surface area contributed by atoms with Crippen molar-refractivity contribution >= 4 is 22.7 Å². The van der Waals surface area contributed by atoms with Crippen molar-refractivity contribution in [2.45, 2.75) is 32.3 Å². The third-order valence-electron chi connectivity index (χ3n) is 4.82. The predicted octanol–water partition coefficient (Wildman–Crippen LogP) is 1.59. The van der Waals surface area contributed by atoms with Crippen molar-refractivity contribution in [2.24, 2.45) is 5.92 Å². The molecule has 0 spiro atoms. The van der Waals surface area contributed by atoms with Crippen molar-refractivity contribution in [3.05, 3.63) is 35.8 Å². The average molecular weight is 361 g/mol. The molecule has 1 atom stereocenters. The standard InChI is InChI=1S/C19H24FN3O3/c1-19(2,26)18(25)22-9-12-5-6-23(11-12)17(24)7-13-10-21-16-8-14(20)3-4-15(13)16/h3-4,8,10,12,21,26H,5-7,9,11H2,1-2H3,(H,22,25). The molecule has 140 valence electrons. The Kier molecular flexibility index (Phi) is 5.00. The highest BCUT2D eigenvalue weighted by Crippen LogP contribution is 2.22. The minimum absolute atomic E-state index is 0.0199. The highest BCUT2D eigenvalue weighted by Gasteiger charge is 2.29. The smallest absolute Gasteiger partial charge is 0.251 e. The molecule has 1 saturated heterocycles. The van der Waals surface area contributed by atoms with Crippen LogP contribution in [0.25, 0.3) is 10.9 Å². The lowest BCUT2D eigenvalue weighted by atomic mass is 10.1. The van der Waals surface area contributed by atoms with Crippen LogP contribution < -0.4 is 5.32 Å². The van der Waals surface area contributed by atoms with Crippen LogP contribution in [0.2, 0.25) is 0 Å². The summed E-state index contributed by atoms with van der Waals surface area (Å²) in [5.41, 5.74) is 0.133. The van der Waals surface area contributed by atoms with Gasteiger partial charge >= 0.3 is 0 Å². The van der Waals surface area contributed by atoms with Gasteiger partial charge in [-0.2, -0.15) is 0 Å². The fourth-order valence-electron chi connectivity index (χ4n) is 3.26. The normalized spacial score (nSPS) is 17.7. The van der Waals surface area contributed by atoms with E-state index in [0.29, 0.717) is 25.2 Å². The van der Waals surface area contributed by atoms with Crippen LogP contribution in [0.15, 0.2) is 24.4 Å². The number of rotatable bonds is 5. The number of likely N-dealkylation sites (tertiary alicyclic amines) is 1. The Labute approximate surface area is 151 Å². The summed E-state index contributed by atoms with van der Waals surface area (Å²) in [6, 6.07) is 4.49. The fraction of sp³-hybridized carbons (Fsp3) is 0.474. The molecule has 0 saturated carbocycles. The third-order valence-corrected chi connectivity index (χ3v) is 4.82. The van der Waals surface area contributed by atoms with E-state index >= 15 is 0 Å². The number of nitrogens with zero attached hydrogens (tertiary/aromatic N) is 1. The number of amides is 2. The van der Waals surface area contributed by atoms with Crippen LogP contribution in [-0.4, -0.2) is 52.0 Å². The van der Waals surface area contributed by atoms with E-state index in [9.17, 15) is 19.1 Å². The molecule has 26 heavy (non-hydrogen) atoms. The molecule has 2 heterocycles. The first-order valence-corrected chi connectivity index (χ1v) is 8.78. The number of fused-ring (bicyclic) bond motifs is 1. The zero-order chi connectivity index (χ0) is 18.9. The SMILES string of the molecule is CC(C)(O)C(=O)NCC1CCN(C(=O)Cc2c[nH]c3cc(F)ccc23)C1. The fourth-order valence-corrected chi connectivity index (χ4v) is 3.26. The maximum atomic E-state index is 13.3. The molecule has 1 unspecified atom stereocenters. The molecule has 1 aliphatic heterocycles. The first kappa shape index (κ1) is 18.4. The second-order valence-corrected chi connectivity index (χ2v) is 7.44. The van der Waals surface area contributed by atoms with Gasteiger partial charge in [-0.25, -0.2) is 4.39 Å². The van der Waals surface area contributed by atoms with E-state index in [0.717, 1.165) is 17.4 Å². The van der Waals surface area contributed by atoms with Gasteiger partial charge in [0.2, 0.25) is 5.91 Å². The van der Waals surface area contributed by atoms with Gasteiger partial charge in [0.25, 0.3) is 5.91 Å². The summed E-state index contributed by atoms with van der Waals surface area (Å²) in [4.78, 5) is 29.1. The number of aromatic amines is 1. The Hall–Kier alpha value is -2.41. The molecule has 0 bridgehead atoms. The number of benzene rings is 1. The van der Waals surface area contributed by atoms with Crippen LogP contribution >= 0.6 is 0 Å². The van der Waals surface area contributed by atoms with E-state index in [1.165, 1.54) is 26.0 Å². The summed E-state index contributed by atoms with van der Waals surface area (Å²) in [7, 11) is 0. The quantitative estimate of drug-likeness (QED) is 0.756. The van der Waals surface area contributed by atoms with Gasteiger partial charge in [-0.3, -0.25) is 9.59 Å². The maximum Gasteiger partial charge on any atom is 0.251 e. The molecular formula is C19H24FN3O3. The first-order chi connectivity index (χ1) is 12.2. The molecule has 1 fully saturated rings. The van der Waals surface area contributed by atoms with Gasteiger partial charge in [0.05, 0.1) is 6.42 Å². The van der Waals surface area contributed by atoms with Crippen LogP contribution in [0.3, 0.4) is 0 Å². The Morgan fingerprint density at radius 2 is 2.19 bits per heavy atom. The summed E-state index contributed by atoms with van der Waals surface area (Å²) in [6.07, 6.45) is 2.82. The van der Waals surface area contributed by atoms with Crippen molar-refractivity contribution in [1.82, 2.24) is 15.2 Å². The Morgan fingerprint density at radius 1 is 1.42 bits per heavy atom. The minimum Gasteiger partial charge on any atom is -0.381 e. The maximum absolute atomic E-state index is 13.3. The van der Waals surface area contributed by atoms with E-state index in [-0.39, 0.29) is 24.1 Å². The lowest BCUT2D eigenvalue weighted by Crippen LogP contribution is -2.44. The van der Waals surface area contributed by atoms with Crippen molar-refractivity contribution in [2.75, 3.05) is 19.6 Å². The Morgan fingerprint density at radius 3 is 2.92 bits per heavy atom. The Bertz CT molecular complexity index is 825. The van der Waals surface area contributed by atoms with E-state index in [4.69, 9.17) is 0 Å².